The van der Waals surface area contributed by atoms with Crippen LogP contribution in [0.2, 0.25) is 0 Å². The second-order valence-corrected chi connectivity index (χ2v) is 5.87. The monoisotopic (exact) mass is 348 g/mol. The summed E-state index contributed by atoms with van der Waals surface area (Å²) in [7, 11) is 1.54. The second kappa shape index (κ2) is 7.92. The van der Waals surface area contributed by atoms with Crippen LogP contribution in [0, 0.1) is 0 Å². The fourth-order valence-electron chi connectivity index (χ4n) is 2.64. The predicted octanol–water partition coefficient (Wildman–Crippen LogP) is 2.67. The third kappa shape index (κ3) is 4.23. The van der Waals surface area contributed by atoms with Gasteiger partial charge in [-0.1, -0.05) is 6.07 Å². The summed E-state index contributed by atoms with van der Waals surface area (Å²) in [4.78, 5) is 24.2. The zero-order valence-electron chi connectivity index (χ0n) is 15.1. The minimum atomic E-state index is -0.630. The average molecular weight is 348 g/mol. The predicted molar refractivity (Wildman–Crippen MR) is 92.5 cm³/mol. The molecule has 0 radical (unpaired) electrons. The van der Waals surface area contributed by atoms with Crippen molar-refractivity contribution in [3.05, 3.63) is 35.0 Å². The van der Waals surface area contributed by atoms with Gasteiger partial charge in [0.15, 0.2) is 11.5 Å². The van der Waals surface area contributed by atoms with E-state index in [1.165, 1.54) is 0 Å². The standard InChI is InChI=1S/C18H24N2O5/c1-6-24-17(21)15-11(4)19-18(22)20-16(15)12-7-8-13(25-10(2)3)14(9-12)23-5/h7-10,16H,6H2,1-5H3,(H2,19,20,22)/t16-/m0/s1. The van der Waals surface area contributed by atoms with Gasteiger partial charge >= 0.3 is 12.0 Å². The molecule has 1 heterocycles. The van der Waals surface area contributed by atoms with E-state index in [4.69, 9.17) is 14.2 Å². The molecule has 0 unspecified atom stereocenters. The summed E-state index contributed by atoms with van der Waals surface area (Å²) in [5.74, 6) is 0.652. The highest BCUT2D eigenvalue weighted by Gasteiger charge is 2.32. The minimum Gasteiger partial charge on any atom is -0.493 e. The largest absolute Gasteiger partial charge is 0.493 e. The van der Waals surface area contributed by atoms with E-state index in [0.29, 0.717) is 28.3 Å². The lowest BCUT2D eigenvalue weighted by molar-refractivity contribution is -0.139. The third-order valence-electron chi connectivity index (χ3n) is 3.65. The second-order valence-electron chi connectivity index (χ2n) is 5.87. The molecule has 1 aromatic carbocycles. The van der Waals surface area contributed by atoms with E-state index in [-0.39, 0.29) is 18.7 Å². The fraction of sp³-hybridized carbons (Fsp3) is 0.444. The quantitative estimate of drug-likeness (QED) is 0.772. The Bertz CT molecular complexity index is 697. The van der Waals surface area contributed by atoms with Crippen LogP contribution in [0.1, 0.15) is 39.3 Å². The highest BCUT2D eigenvalue weighted by Crippen LogP contribution is 2.34. The van der Waals surface area contributed by atoms with Gasteiger partial charge in [0.05, 0.1) is 31.4 Å². The van der Waals surface area contributed by atoms with Crippen LogP contribution in [0.3, 0.4) is 0 Å². The summed E-state index contributed by atoms with van der Waals surface area (Å²) in [6, 6.07) is 4.30. The summed E-state index contributed by atoms with van der Waals surface area (Å²) in [5, 5.41) is 5.37. The number of rotatable bonds is 6. The Morgan fingerprint density at radius 1 is 1.28 bits per heavy atom. The van der Waals surface area contributed by atoms with Crippen molar-refractivity contribution in [3.63, 3.8) is 0 Å². The normalized spacial score (nSPS) is 17.0. The molecule has 0 saturated heterocycles. The Labute approximate surface area is 147 Å². The van der Waals surface area contributed by atoms with Crippen LogP contribution in [0.15, 0.2) is 29.5 Å². The van der Waals surface area contributed by atoms with E-state index in [1.54, 1.807) is 39.2 Å². The molecule has 2 rings (SSSR count). The molecule has 2 N–H and O–H groups in total. The average Bonchev–Trinajstić information content (AvgIpc) is 2.54. The number of benzene rings is 1. The highest BCUT2D eigenvalue weighted by atomic mass is 16.5. The number of methoxy groups -OCH3 is 1. The summed E-state index contributed by atoms with van der Waals surface area (Å²) in [5.41, 5.74) is 1.53. The molecular formula is C18H24N2O5. The van der Waals surface area contributed by atoms with Crippen molar-refractivity contribution in [1.82, 2.24) is 10.6 Å². The molecule has 1 aliphatic rings. The molecule has 7 nitrogen and oxygen atoms in total. The molecule has 1 atom stereocenters. The smallest absolute Gasteiger partial charge is 0.338 e. The number of hydrogen-bond donors (Lipinski definition) is 2. The van der Waals surface area contributed by atoms with Gasteiger partial charge in [-0.2, -0.15) is 0 Å². The number of carbonyl (C=O) groups excluding carboxylic acids is 2. The molecule has 7 heteroatoms. The minimum absolute atomic E-state index is 0.00411. The van der Waals surface area contributed by atoms with Gasteiger partial charge in [0, 0.05) is 5.70 Å². The molecule has 0 aliphatic carbocycles. The zero-order chi connectivity index (χ0) is 18.6. The van der Waals surface area contributed by atoms with E-state index in [9.17, 15) is 9.59 Å². The Morgan fingerprint density at radius 2 is 2.00 bits per heavy atom. The first kappa shape index (κ1) is 18.6. The first-order chi connectivity index (χ1) is 11.9. The van der Waals surface area contributed by atoms with Crippen LogP contribution in [0.25, 0.3) is 0 Å². The molecule has 0 bridgehead atoms. The van der Waals surface area contributed by atoms with Crippen LogP contribution >= 0.6 is 0 Å². The Morgan fingerprint density at radius 3 is 2.60 bits per heavy atom. The first-order valence-corrected chi connectivity index (χ1v) is 8.17. The van der Waals surface area contributed by atoms with Gasteiger partial charge in [-0.25, -0.2) is 9.59 Å². The van der Waals surface area contributed by atoms with E-state index >= 15 is 0 Å². The van der Waals surface area contributed by atoms with Crippen molar-refractivity contribution < 1.29 is 23.8 Å². The number of hydrogen-bond acceptors (Lipinski definition) is 5. The SMILES string of the molecule is CCOC(=O)C1=C(C)NC(=O)N[C@H]1c1ccc(OC(C)C)c(OC)c1. The number of ether oxygens (including phenoxy) is 3. The summed E-state index contributed by atoms with van der Waals surface area (Å²) in [6.45, 7) is 7.50. The van der Waals surface area contributed by atoms with Crippen LogP contribution in [-0.4, -0.2) is 31.8 Å². The van der Waals surface area contributed by atoms with Gasteiger partial charge in [0.25, 0.3) is 0 Å². The number of amides is 2. The van der Waals surface area contributed by atoms with Crippen molar-refractivity contribution in [1.29, 1.82) is 0 Å². The van der Waals surface area contributed by atoms with Gasteiger partial charge in [-0.3, -0.25) is 0 Å². The lowest BCUT2D eigenvalue weighted by Gasteiger charge is -2.28. The van der Waals surface area contributed by atoms with Gasteiger partial charge < -0.3 is 24.8 Å². The van der Waals surface area contributed by atoms with E-state index in [0.717, 1.165) is 0 Å². The van der Waals surface area contributed by atoms with Crippen LogP contribution < -0.4 is 20.1 Å². The number of esters is 1. The number of allylic oxidation sites excluding steroid dienone is 1. The Balaban J connectivity index is 2.44. The first-order valence-electron chi connectivity index (χ1n) is 8.17. The lowest BCUT2D eigenvalue weighted by atomic mass is 9.95. The van der Waals surface area contributed by atoms with Crippen LogP contribution in [0.5, 0.6) is 11.5 Å². The van der Waals surface area contributed by atoms with E-state index < -0.39 is 12.0 Å². The maximum absolute atomic E-state index is 12.3. The molecule has 1 aliphatic heterocycles. The van der Waals surface area contributed by atoms with Crippen molar-refractivity contribution in [2.24, 2.45) is 0 Å². The molecule has 0 fully saturated rings. The van der Waals surface area contributed by atoms with Crippen molar-refractivity contribution in [3.8, 4) is 11.5 Å². The Kier molecular flexibility index (Phi) is 5.90. The van der Waals surface area contributed by atoms with Crippen LogP contribution in [-0.2, 0) is 9.53 Å². The topological polar surface area (TPSA) is 85.9 Å². The molecular weight excluding hydrogens is 324 g/mol. The van der Waals surface area contributed by atoms with Gasteiger partial charge in [-0.05, 0) is 45.4 Å². The molecule has 25 heavy (non-hydrogen) atoms. The fourth-order valence-corrected chi connectivity index (χ4v) is 2.64. The maximum atomic E-state index is 12.3. The molecule has 1 aromatic rings. The molecule has 2 amide bonds. The number of carbonyl (C=O) groups is 2. The maximum Gasteiger partial charge on any atom is 0.338 e. The van der Waals surface area contributed by atoms with Gasteiger partial charge in [0.2, 0.25) is 0 Å². The number of nitrogens with one attached hydrogen (secondary N) is 2. The Hall–Kier alpha value is -2.70. The van der Waals surface area contributed by atoms with Gasteiger partial charge in [-0.15, -0.1) is 0 Å². The summed E-state index contributed by atoms with van der Waals surface area (Å²) < 4.78 is 16.2. The molecule has 0 spiro atoms. The number of urea groups is 1. The molecule has 136 valence electrons. The van der Waals surface area contributed by atoms with E-state index in [1.807, 2.05) is 13.8 Å². The van der Waals surface area contributed by atoms with Crippen molar-refractivity contribution in [2.75, 3.05) is 13.7 Å². The van der Waals surface area contributed by atoms with Crippen molar-refractivity contribution >= 4 is 12.0 Å². The van der Waals surface area contributed by atoms with Crippen LogP contribution in [0.4, 0.5) is 4.79 Å². The van der Waals surface area contributed by atoms with Crippen molar-refractivity contribution in [2.45, 2.75) is 39.8 Å². The molecule has 0 saturated carbocycles. The third-order valence-corrected chi connectivity index (χ3v) is 3.65. The van der Waals surface area contributed by atoms with E-state index in [2.05, 4.69) is 10.6 Å². The highest BCUT2D eigenvalue weighted by molar-refractivity contribution is 5.95. The van der Waals surface area contributed by atoms with Gasteiger partial charge in [0.1, 0.15) is 0 Å². The zero-order valence-corrected chi connectivity index (χ0v) is 15.1. The lowest BCUT2D eigenvalue weighted by Crippen LogP contribution is -2.45. The summed E-state index contributed by atoms with van der Waals surface area (Å²) >= 11 is 0. The molecule has 0 aromatic heterocycles. The summed E-state index contributed by atoms with van der Waals surface area (Å²) in [6.07, 6.45) is -0.00411.